The molecule has 2 aromatic heterocycles. The van der Waals surface area contributed by atoms with E-state index in [0.29, 0.717) is 6.04 Å². The van der Waals surface area contributed by atoms with Gasteiger partial charge in [-0.1, -0.05) is 25.1 Å². The summed E-state index contributed by atoms with van der Waals surface area (Å²) in [6.45, 7) is 6.30. The van der Waals surface area contributed by atoms with Gasteiger partial charge in [-0.05, 0) is 30.5 Å². The maximum atomic E-state index is 4.72. The Morgan fingerprint density at radius 3 is 2.86 bits per heavy atom. The van der Waals surface area contributed by atoms with Crippen molar-refractivity contribution in [3.05, 3.63) is 52.5 Å². The van der Waals surface area contributed by atoms with Crippen molar-refractivity contribution in [1.29, 1.82) is 0 Å². The topological polar surface area (TPSA) is 29.9 Å². The largest absolute Gasteiger partial charge is 0.327 e. The molecule has 1 unspecified atom stereocenters. The standard InChI is InChI=1S/C17H21N3S/c1-3-17-19-14-7-4-5-8-15(14)20(17)11-10-18-13(2)16-9-6-12-21-16/h4-9,12-13,18H,3,10-11H2,1-2H3. The van der Waals surface area contributed by atoms with E-state index in [-0.39, 0.29) is 0 Å². The highest BCUT2D eigenvalue weighted by atomic mass is 32.1. The van der Waals surface area contributed by atoms with Crippen molar-refractivity contribution in [3.8, 4) is 0 Å². The van der Waals surface area contributed by atoms with Crippen LogP contribution in [0.1, 0.15) is 30.6 Å². The number of hydrogen-bond donors (Lipinski definition) is 1. The summed E-state index contributed by atoms with van der Waals surface area (Å²) in [5, 5.41) is 5.73. The summed E-state index contributed by atoms with van der Waals surface area (Å²) in [6.07, 6.45) is 0.967. The van der Waals surface area contributed by atoms with E-state index in [4.69, 9.17) is 4.98 Å². The lowest BCUT2D eigenvalue weighted by Gasteiger charge is -2.14. The summed E-state index contributed by atoms with van der Waals surface area (Å²) in [7, 11) is 0. The van der Waals surface area contributed by atoms with Gasteiger partial charge in [0.15, 0.2) is 0 Å². The molecule has 1 aromatic carbocycles. The number of rotatable bonds is 6. The molecule has 3 rings (SSSR count). The summed E-state index contributed by atoms with van der Waals surface area (Å²) < 4.78 is 2.34. The zero-order valence-corrected chi connectivity index (χ0v) is 13.4. The molecule has 3 aromatic rings. The normalized spacial score (nSPS) is 12.9. The first kappa shape index (κ1) is 14.3. The minimum atomic E-state index is 0.407. The zero-order chi connectivity index (χ0) is 14.7. The van der Waals surface area contributed by atoms with Crippen LogP contribution < -0.4 is 5.32 Å². The summed E-state index contributed by atoms with van der Waals surface area (Å²) in [4.78, 5) is 6.11. The quantitative estimate of drug-likeness (QED) is 0.745. The monoisotopic (exact) mass is 299 g/mol. The van der Waals surface area contributed by atoms with Gasteiger partial charge < -0.3 is 9.88 Å². The molecule has 0 spiro atoms. The Hall–Kier alpha value is -1.65. The molecule has 21 heavy (non-hydrogen) atoms. The van der Waals surface area contributed by atoms with Gasteiger partial charge >= 0.3 is 0 Å². The van der Waals surface area contributed by atoms with Crippen molar-refractivity contribution >= 4 is 22.4 Å². The molecule has 1 atom stereocenters. The number of thiophene rings is 1. The molecule has 2 heterocycles. The number of hydrogen-bond acceptors (Lipinski definition) is 3. The van der Waals surface area contributed by atoms with Crippen molar-refractivity contribution in [3.63, 3.8) is 0 Å². The van der Waals surface area contributed by atoms with Gasteiger partial charge in [-0.2, -0.15) is 0 Å². The van der Waals surface area contributed by atoms with Crippen LogP contribution in [0.5, 0.6) is 0 Å². The fourth-order valence-corrected chi connectivity index (χ4v) is 3.43. The highest BCUT2D eigenvalue weighted by Crippen LogP contribution is 2.19. The molecule has 1 N–H and O–H groups in total. The number of para-hydroxylation sites is 2. The maximum absolute atomic E-state index is 4.72. The first-order valence-electron chi connectivity index (χ1n) is 7.50. The van der Waals surface area contributed by atoms with Crippen LogP contribution in [-0.4, -0.2) is 16.1 Å². The third-order valence-electron chi connectivity index (χ3n) is 3.81. The fourth-order valence-electron chi connectivity index (χ4n) is 2.68. The number of imidazole rings is 1. The van der Waals surface area contributed by atoms with Crippen LogP contribution in [0.2, 0.25) is 0 Å². The predicted octanol–water partition coefficient (Wildman–Crippen LogP) is 4.01. The number of aryl methyl sites for hydroxylation is 1. The van der Waals surface area contributed by atoms with Crippen molar-refractivity contribution in [2.75, 3.05) is 6.54 Å². The van der Waals surface area contributed by atoms with Crippen molar-refractivity contribution in [2.45, 2.75) is 32.9 Å². The van der Waals surface area contributed by atoms with Crippen LogP contribution in [-0.2, 0) is 13.0 Å². The van der Waals surface area contributed by atoms with E-state index in [1.165, 1.54) is 16.2 Å². The molecule has 0 aliphatic carbocycles. The summed E-state index contributed by atoms with van der Waals surface area (Å²) >= 11 is 1.81. The molecule has 110 valence electrons. The van der Waals surface area contributed by atoms with E-state index >= 15 is 0 Å². The van der Waals surface area contributed by atoms with E-state index in [1.807, 2.05) is 11.3 Å². The second kappa shape index (κ2) is 6.41. The minimum Gasteiger partial charge on any atom is -0.327 e. The number of nitrogens with one attached hydrogen (secondary N) is 1. The predicted molar refractivity (Wildman–Crippen MR) is 89.8 cm³/mol. The molecule has 0 saturated carbocycles. The van der Waals surface area contributed by atoms with Gasteiger partial charge in [0.05, 0.1) is 11.0 Å². The van der Waals surface area contributed by atoms with Crippen molar-refractivity contribution in [2.24, 2.45) is 0 Å². The second-order valence-corrected chi connectivity index (χ2v) is 6.19. The lowest BCUT2D eigenvalue weighted by Crippen LogP contribution is -2.23. The Bertz CT molecular complexity index is 700. The van der Waals surface area contributed by atoms with Crippen molar-refractivity contribution < 1.29 is 0 Å². The average molecular weight is 299 g/mol. The number of fused-ring (bicyclic) bond motifs is 1. The zero-order valence-electron chi connectivity index (χ0n) is 12.5. The van der Waals surface area contributed by atoms with E-state index in [9.17, 15) is 0 Å². The van der Waals surface area contributed by atoms with Crippen LogP contribution in [0.25, 0.3) is 11.0 Å². The number of benzene rings is 1. The van der Waals surface area contributed by atoms with Crippen LogP contribution in [0.3, 0.4) is 0 Å². The Morgan fingerprint density at radius 2 is 2.10 bits per heavy atom. The van der Waals surface area contributed by atoms with Gasteiger partial charge in [0, 0.05) is 30.4 Å². The Balaban J connectivity index is 1.70. The highest BCUT2D eigenvalue weighted by Gasteiger charge is 2.09. The van der Waals surface area contributed by atoms with E-state index in [0.717, 1.165) is 25.0 Å². The van der Waals surface area contributed by atoms with Gasteiger partial charge in [-0.25, -0.2) is 4.98 Å². The van der Waals surface area contributed by atoms with Crippen LogP contribution in [0.4, 0.5) is 0 Å². The van der Waals surface area contributed by atoms with Crippen molar-refractivity contribution in [1.82, 2.24) is 14.9 Å². The SMILES string of the molecule is CCc1nc2ccccc2n1CCNC(C)c1cccs1. The molecule has 0 bridgehead atoms. The molecule has 0 aliphatic heterocycles. The smallest absolute Gasteiger partial charge is 0.109 e. The molecule has 4 heteroatoms. The fraction of sp³-hybridized carbons (Fsp3) is 0.353. The Labute approximate surface area is 129 Å². The molecular weight excluding hydrogens is 278 g/mol. The lowest BCUT2D eigenvalue weighted by atomic mass is 10.3. The maximum Gasteiger partial charge on any atom is 0.109 e. The van der Waals surface area contributed by atoms with E-state index < -0.39 is 0 Å². The summed E-state index contributed by atoms with van der Waals surface area (Å²) in [5.74, 6) is 1.17. The highest BCUT2D eigenvalue weighted by molar-refractivity contribution is 7.10. The molecular formula is C17H21N3S. The molecule has 0 amide bonds. The lowest BCUT2D eigenvalue weighted by molar-refractivity contribution is 0.533. The van der Waals surface area contributed by atoms with Gasteiger partial charge in [0.25, 0.3) is 0 Å². The molecule has 3 nitrogen and oxygen atoms in total. The third kappa shape index (κ3) is 3.01. The van der Waals surface area contributed by atoms with Crippen LogP contribution >= 0.6 is 11.3 Å². The molecule has 0 fully saturated rings. The Kier molecular flexibility index (Phi) is 4.36. The molecule has 0 aliphatic rings. The van der Waals surface area contributed by atoms with Gasteiger partial charge in [-0.15, -0.1) is 11.3 Å². The number of aromatic nitrogens is 2. The minimum absolute atomic E-state index is 0.407. The first-order chi connectivity index (χ1) is 10.3. The average Bonchev–Trinajstić information content (AvgIpc) is 3.14. The third-order valence-corrected chi connectivity index (χ3v) is 4.86. The van der Waals surface area contributed by atoms with Gasteiger partial charge in [0.1, 0.15) is 5.82 Å². The van der Waals surface area contributed by atoms with E-state index in [2.05, 4.69) is 65.5 Å². The summed E-state index contributed by atoms with van der Waals surface area (Å²) in [5.41, 5.74) is 2.33. The Morgan fingerprint density at radius 1 is 1.24 bits per heavy atom. The van der Waals surface area contributed by atoms with Crippen LogP contribution in [0, 0.1) is 0 Å². The van der Waals surface area contributed by atoms with E-state index in [1.54, 1.807) is 0 Å². The van der Waals surface area contributed by atoms with Gasteiger partial charge in [0.2, 0.25) is 0 Å². The second-order valence-electron chi connectivity index (χ2n) is 5.21. The van der Waals surface area contributed by atoms with Gasteiger partial charge in [-0.3, -0.25) is 0 Å². The number of nitrogens with zero attached hydrogens (tertiary/aromatic N) is 2. The molecule has 0 radical (unpaired) electrons. The van der Waals surface area contributed by atoms with Crippen LogP contribution in [0.15, 0.2) is 41.8 Å². The summed E-state index contributed by atoms with van der Waals surface area (Å²) in [6, 6.07) is 13.1. The molecule has 0 saturated heterocycles. The first-order valence-corrected chi connectivity index (χ1v) is 8.38.